The van der Waals surface area contributed by atoms with Gasteiger partial charge in [0, 0.05) is 5.92 Å². The van der Waals surface area contributed by atoms with Gasteiger partial charge in [-0.05, 0) is 50.6 Å². The van der Waals surface area contributed by atoms with Crippen LogP contribution in [0.2, 0.25) is 0 Å². The smallest absolute Gasteiger partial charge is 0.316 e. The molecule has 3 amide bonds. The SMILES string of the molecule is Cc1ccc(NC(=O)C(=O)NC(=O)C2CCNCC2)c(O)c1. The maximum atomic E-state index is 11.9. The van der Waals surface area contributed by atoms with E-state index in [-0.39, 0.29) is 17.4 Å². The van der Waals surface area contributed by atoms with Gasteiger partial charge in [0.1, 0.15) is 5.75 Å². The summed E-state index contributed by atoms with van der Waals surface area (Å²) in [7, 11) is 0. The molecule has 0 unspecified atom stereocenters. The Morgan fingerprint density at radius 3 is 2.50 bits per heavy atom. The van der Waals surface area contributed by atoms with Crippen molar-refractivity contribution in [3.63, 3.8) is 0 Å². The zero-order valence-corrected chi connectivity index (χ0v) is 12.3. The van der Waals surface area contributed by atoms with Crippen LogP contribution in [0.4, 0.5) is 5.69 Å². The molecule has 7 nitrogen and oxygen atoms in total. The molecule has 22 heavy (non-hydrogen) atoms. The van der Waals surface area contributed by atoms with Crippen LogP contribution in [0.5, 0.6) is 5.75 Å². The first kappa shape index (κ1) is 16.0. The molecular weight excluding hydrogens is 286 g/mol. The molecule has 0 atom stereocenters. The average Bonchev–Trinajstić information content (AvgIpc) is 2.50. The summed E-state index contributed by atoms with van der Waals surface area (Å²) >= 11 is 0. The topological polar surface area (TPSA) is 108 Å². The first-order valence-electron chi connectivity index (χ1n) is 7.14. The zero-order valence-electron chi connectivity index (χ0n) is 12.3. The number of phenolic OH excluding ortho intramolecular Hbond substituents is 1. The van der Waals surface area contributed by atoms with Crippen LogP contribution in [0.25, 0.3) is 0 Å². The van der Waals surface area contributed by atoms with Gasteiger partial charge in [-0.3, -0.25) is 19.7 Å². The number of amides is 3. The van der Waals surface area contributed by atoms with Crippen LogP contribution < -0.4 is 16.0 Å². The summed E-state index contributed by atoms with van der Waals surface area (Å²) in [6.07, 6.45) is 1.28. The quantitative estimate of drug-likeness (QED) is 0.464. The molecule has 1 heterocycles. The minimum absolute atomic E-state index is 0.125. The van der Waals surface area contributed by atoms with Gasteiger partial charge in [0.15, 0.2) is 0 Å². The highest BCUT2D eigenvalue weighted by atomic mass is 16.3. The van der Waals surface area contributed by atoms with E-state index in [9.17, 15) is 19.5 Å². The van der Waals surface area contributed by atoms with Crippen molar-refractivity contribution >= 4 is 23.4 Å². The van der Waals surface area contributed by atoms with E-state index >= 15 is 0 Å². The average molecular weight is 305 g/mol. The summed E-state index contributed by atoms with van der Waals surface area (Å²) in [5.74, 6) is -2.84. The van der Waals surface area contributed by atoms with Crippen LogP contribution in [0.15, 0.2) is 18.2 Å². The molecular formula is C15H19N3O4. The van der Waals surface area contributed by atoms with Crippen molar-refractivity contribution < 1.29 is 19.5 Å². The lowest BCUT2D eigenvalue weighted by molar-refractivity contribution is -0.141. The van der Waals surface area contributed by atoms with Crippen LogP contribution in [0, 0.1) is 12.8 Å². The molecule has 1 aromatic rings. The van der Waals surface area contributed by atoms with E-state index in [2.05, 4.69) is 16.0 Å². The van der Waals surface area contributed by atoms with Gasteiger partial charge in [-0.1, -0.05) is 6.07 Å². The number of anilines is 1. The fourth-order valence-electron chi connectivity index (χ4n) is 2.28. The Hall–Kier alpha value is -2.41. The zero-order chi connectivity index (χ0) is 16.1. The number of phenols is 1. The maximum absolute atomic E-state index is 11.9. The van der Waals surface area contributed by atoms with Crippen LogP contribution >= 0.6 is 0 Å². The minimum atomic E-state index is -1.02. The summed E-state index contributed by atoms with van der Waals surface area (Å²) in [4.78, 5) is 35.4. The predicted octanol–water partition coefficient (Wildman–Crippen LogP) is 0.282. The number of carbonyl (C=O) groups is 3. The van der Waals surface area contributed by atoms with Gasteiger partial charge < -0.3 is 15.7 Å². The number of aromatic hydroxyl groups is 1. The second kappa shape index (κ2) is 7.04. The molecule has 2 rings (SSSR count). The fraction of sp³-hybridized carbons (Fsp3) is 0.400. The van der Waals surface area contributed by atoms with Gasteiger partial charge in [0.05, 0.1) is 5.69 Å². The molecule has 0 bridgehead atoms. The molecule has 0 radical (unpaired) electrons. The standard InChI is InChI=1S/C15H19N3O4/c1-9-2-3-11(12(19)8-9)17-14(21)15(22)18-13(20)10-4-6-16-7-5-10/h2-3,8,10,16,19H,4-7H2,1H3,(H,17,21)(H,18,20,22). The first-order chi connectivity index (χ1) is 10.5. The number of benzene rings is 1. The number of piperidine rings is 1. The van der Waals surface area contributed by atoms with E-state index in [0.29, 0.717) is 12.8 Å². The first-order valence-corrected chi connectivity index (χ1v) is 7.14. The van der Waals surface area contributed by atoms with Crippen molar-refractivity contribution in [1.82, 2.24) is 10.6 Å². The number of aryl methyl sites for hydroxylation is 1. The highest BCUT2D eigenvalue weighted by Gasteiger charge is 2.25. The second-order valence-electron chi connectivity index (χ2n) is 5.32. The van der Waals surface area contributed by atoms with Crippen LogP contribution in [-0.2, 0) is 14.4 Å². The van der Waals surface area contributed by atoms with E-state index in [1.165, 1.54) is 12.1 Å². The third kappa shape index (κ3) is 4.05. The molecule has 0 spiro atoms. The Labute approximate surface area is 128 Å². The third-order valence-electron chi connectivity index (χ3n) is 3.55. The number of carbonyl (C=O) groups excluding carboxylic acids is 3. The van der Waals surface area contributed by atoms with Crippen molar-refractivity contribution in [2.45, 2.75) is 19.8 Å². The monoisotopic (exact) mass is 305 g/mol. The summed E-state index contributed by atoms with van der Waals surface area (Å²) in [6.45, 7) is 3.22. The van der Waals surface area contributed by atoms with Gasteiger partial charge in [0.2, 0.25) is 5.91 Å². The summed E-state index contributed by atoms with van der Waals surface area (Å²) in [5, 5.41) is 17.2. The van der Waals surface area contributed by atoms with E-state index < -0.39 is 17.7 Å². The lowest BCUT2D eigenvalue weighted by Crippen LogP contribution is -2.44. The van der Waals surface area contributed by atoms with Gasteiger partial charge in [-0.15, -0.1) is 0 Å². The lowest BCUT2D eigenvalue weighted by Gasteiger charge is -2.21. The largest absolute Gasteiger partial charge is 0.506 e. The Morgan fingerprint density at radius 1 is 1.18 bits per heavy atom. The molecule has 7 heteroatoms. The summed E-state index contributed by atoms with van der Waals surface area (Å²) in [6, 6.07) is 4.64. The molecule has 4 N–H and O–H groups in total. The summed E-state index contributed by atoms with van der Waals surface area (Å²) in [5.41, 5.74) is 0.945. The lowest BCUT2D eigenvalue weighted by atomic mass is 9.97. The van der Waals surface area contributed by atoms with Crippen molar-refractivity contribution in [3.8, 4) is 5.75 Å². The molecule has 0 aromatic heterocycles. The molecule has 1 fully saturated rings. The van der Waals surface area contributed by atoms with Gasteiger partial charge in [0.25, 0.3) is 0 Å². The van der Waals surface area contributed by atoms with Gasteiger partial charge in [-0.2, -0.15) is 0 Å². The van der Waals surface area contributed by atoms with Crippen LogP contribution in [0.1, 0.15) is 18.4 Å². The van der Waals surface area contributed by atoms with E-state index in [4.69, 9.17) is 0 Å². The summed E-state index contributed by atoms with van der Waals surface area (Å²) < 4.78 is 0. The van der Waals surface area contributed by atoms with Crippen molar-refractivity contribution in [3.05, 3.63) is 23.8 Å². The molecule has 1 aliphatic heterocycles. The molecule has 1 saturated heterocycles. The number of rotatable bonds is 2. The van der Waals surface area contributed by atoms with Crippen molar-refractivity contribution in [1.29, 1.82) is 0 Å². The second-order valence-corrected chi connectivity index (χ2v) is 5.32. The minimum Gasteiger partial charge on any atom is -0.506 e. The van der Waals surface area contributed by atoms with Crippen molar-refractivity contribution in [2.75, 3.05) is 18.4 Å². The number of imide groups is 1. The van der Waals surface area contributed by atoms with Crippen LogP contribution in [-0.4, -0.2) is 35.9 Å². The van der Waals surface area contributed by atoms with Gasteiger partial charge >= 0.3 is 11.8 Å². The Bertz CT molecular complexity index is 594. The van der Waals surface area contributed by atoms with E-state index in [0.717, 1.165) is 18.7 Å². The fourth-order valence-corrected chi connectivity index (χ4v) is 2.28. The van der Waals surface area contributed by atoms with Crippen molar-refractivity contribution in [2.24, 2.45) is 5.92 Å². The highest BCUT2D eigenvalue weighted by molar-refractivity contribution is 6.42. The van der Waals surface area contributed by atoms with Gasteiger partial charge in [-0.25, -0.2) is 0 Å². The highest BCUT2D eigenvalue weighted by Crippen LogP contribution is 2.23. The molecule has 0 saturated carbocycles. The Kier molecular flexibility index (Phi) is 5.11. The molecule has 0 aliphatic carbocycles. The number of hydrogen-bond donors (Lipinski definition) is 4. The Balaban J connectivity index is 1.91. The number of hydrogen-bond acceptors (Lipinski definition) is 5. The van der Waals surface area contributed by atoms with Crippen LogP contribution in [0.3, 0.4) is 0 Å². The Morgan fingerprint density at radius 2 is 1.86 bits per heavy atom. The maximum Gasteiger partial charge on any atom is 0.316 e. The van der Waals surface area contributed by atoms with E-state index in [1.54, 1.807) is 13.0 Å². The predicted molar refractivity (Wildman–Crippen MR) is 80.2 cm³/mol. The molecule has 1 aliphatic rings. The normalized spacial score (nSPS) is 15.1. The van der Waals surface area contributed by atoms with E-state index in [1.807, 2.05) is 0 Å². The molecule has 1 aromatic carbocycles. The molecule has 118 valence electrons. The third-order valence-corrected chi connectivity index (χ3v) is 3.55. The number of nitrogens with one attached hydrogen (secondary N) is 3.